The third-order valence-corrected chi connectivity index (χ3v) is 5.60. The van der Waals surface area contributed by atoms with Crippen LogP contribution in [-0.4, -0.2) is 10.5 Å². The number of hydrogen-bond donors (Lipinski definition) is 1. The van der Waals surface area contributed by atoms with Crippen molar-refractivity contribution < 1.29 is 13.6 Å². The molecule has 0 aliphatic carbocycles. The lowest BCUT2D eigenvalue weighted by molar-refractivity contribution is 0.0939. The summed E-state index contributed by atoms with van der Waals surface area (Å²) in [5.74, 6) is 0.199. The summed E-state index contributed by atoms with van der Waals surface area (Å²) in [7, 11) is 0. The van der Waals surface area contributed by atoms with Crippen molar-refractivity contribution in [3.05, 3.63) is 81.4 Å². The summed E-state index contributed by atoms with van der Waals surface area (Å²) in [4.78, 5) is 12.7. The Bertz CT molecular complexity index is 1070. The maximum atomic E-state index is 13.5. The second kappa shape index (κ2) is 7.09. The third-order valence-electron chi connectivity index (χ3n) is 4.03. The second-order valence-corrected chi connectivity index (χ2v) is 8.27. The van der Waals surface area contributed by atoms with Crippen molar-refractivity contribution in [1.29, 1.82) is 0 Å². The topological polar surface area (TPSA) is 47.2 Å². The number of aromatic nitrogens is 1. The van der Waals surface area contributed by atoms with Gasteiger partial charge < -0.3 is 14.3 Å². The molecule has 4 nitrogen and oxygen atoms in total. The Morgan fingerprint density at radius 1 is 1.23 bits per heavy atom. The highest BCUT2D eigenvalue weighted by atomic mass is 79.9. The van der Waals surface area contributed by atoms with Gasteiger partial charge in [0.25, 0.3) is 5.91 Å². The van der Waals surface area contributed by atoms with Gasteiger partial charge in [-0.05, 0) is 57.9 Å². The van der Waals surface area contributed by atoms with Crippen molar-refractivity contribution in [2.24, 2.45) is 0 Å². The number of rotatable bonds is 5. The van der Waals surface area contributed by atoms with Crippen LogP contribution in [0.3, 0.4) is 0 Å². The summed E-state index contributed by atoms with van der Waals surface area (Å²) in [5.41, 5.74) is 2.27. The maximum absolute atomic E-state index is 13.5. The Hall–Kier alpha value is -2.38. The molecule has 0 saturated carbocycles. The smallest absolute Gasteiger partial charge is 0.268 e. The first-order chi connectivity index (χ1) is 12.6. The molecule has 3 heterocycles. The van der Waals surface area contributed by atoms with Crippen LogP contribution in [0.2, 0.25) is 0 Å². The number of halogens is 2. The fourth-order valence-corrected chi connectivity index (χ4v) is 4.42. The molecule has 4 aromatic rings. The number of amides is 1. The summed E-state index contributed by atoms with van der Waals surface area (Å²) < 4.78 is 22.7. The zero-order valence-corrected chi connectivity index (χ0v) is 15.9. The quantitative estimate of drug-likeness (QED) is 0.472. The van der Waals surface area contributed by atoms with Gasteiger partial charge in [-0.25, -0.2) is 4.39 Å². The lowest BCUT2D eigenvalue weighted by Crippen LogP contribution is -2.25. The lowest BCUT2D eigenvalue weighted by atomic mass is 10.2. The first-order valence-electron chi connectivity index (χ1n) is 7.94. The number of nitrogens with one attached hydrogen (secondary N) is 1. The highest BCUT2D eigenvalue weighted by Crippen LogP contribution is 2.33. The normalized spacial score (nSPS) is 11.2. The zero-order valence-electron chi connectivity index (χ0n) is 13.5. The molecule has 0 bridgehead atoms. The Balaban J connectivity index is 1.67. The van der Waals surface area contributed by atoms with Crippen LogP contribution in [-0.2, 0) is 13.1 Å². The minimum atomic E-state index is -0.291. The van der Waals surface area contributed by atoms with Gasteiger partial charge in [0.2, 0.25) is 0 Å². The second-order valence-electron chi connectivity index (χ2n) is 5.81. The van der Waals surface area contributed by atoms with Crippen LogP contribution in [0.5, 0.6) is 0 Å². The molecule has 1 N–H and O–H groups in total. The highest BCUT2D eigenvalue weighted by molar-refractivity contribution is 9.11. The predicted octanol–water partition coefficient (Wildman–Crippen LogP) is 5.18. The van der Waals surface area contributed by atoms with Crippen molar-refractivity contribution in [2.75, 3.05) is 0 Å². The van der Waals surface area contributed by atoms with Gasteiger partial charge in [-0.1, -0.05) is 12.1 Å². The van der Waals surface area contributed by atoms with Crippen molar-refractivity contribution >= 4 is 43.4 Å². The highest BCUT2D eigenvalue weighted by Gasteiger charge is 2.18. The van der Waals surface area contributed by atoms with E-state index in [4.69, 9.17) is 4.42 Å². The molecular weight excluding hydrogens is 419 g/mol. The van der Waals surface area contributed by atoms with Crippen molar-refractivity contribution in [1.82, 2.24) is 9.88 Å². The zero-order chi connectivity index (χ0) is 18.1. The molecule has 0 aliphatic heterocycles. The minimum absolute atomic E-state index is 0.197. The van der Waals surface area contributed by atoms with E-state index in [0.717, 1.165) is 19.6 Å². The van der Waals surface area contributed by atoms with Gasteiger partial charge in [-0.3, -0.25) is 4.79 Å². The molecule has 0 atom stereocenters. The van der Waals surface area contributed by atoms with Crippen LogP contribution in [0.25, 0.3) is 10.2 Å². The number of carbonyl (C=O) groups excluding carboxylic acids is 1. The molecule has 0 fully saturated rings. The van der Waals surface area contributed by atoms with Crippen molar-refractivity contribution in [2.45, 2.75) is 13.1 Å². The Labute approximate surface area is 161 Å². The van der Waals surface area contributed by atoms with Crippen LogP contribution in [0.4, 0.5) is 4.39 Å². The van der Waals surface area contributed by atoms with Gasteiger partial charge in [0.1, 0.15) is 17.3 Å². The van der Waals surface area contributed by atoms with E-state index in [2.05, 4.69) is 21.2 Å². The van der Waals surface area contributed by atoms with E-state index < -0.39 is 0 Å². The first kappa shape index (κ1) is 17.1. The average molecular weight is 433 g/mol. The third kappa shape index (κ3) is 3.45. The molecule has 0 unspecified atom stereocenters. The van der Waals surface area contributed by atoms with Crippen LogP contribution in [0.15, 0.2) is 63.0 Å². The Morgan fingerprint density at radius 2 is 2.12 bits per heavy atom. The lowest BCUT2D eigenvalue weighted by Gasteiger charge is -2.11. The monoisotopic (exact) mass is 432 g/mol. The van der Waals surface area contributed by atoms with E-state index in [1.807, 2.05) is 28.8 Å². The Kier molecular flexibility index (Phi) is 4.65. The molecular formula is C19H14BrFN2O2S. The average Bonchev–Trinajstić information content (AvgIpc) is 3.31. The number of hydrogen-bond acceptors (Lipinski definition) is 3. The summed E-state index contributed by atoms with van der Waals surface area (Å²) in [6.07, 6.45) is 1.57. The first-order valence-corrected chi connectivity index (χ1v) is 9.55. The molecule has 26 heavy (non-hydrogen) atoms. The fraction of sp³-hybridized carbons (Fsp3) is 0.105. The summed E-state index contributed by atoms with van der Waals surface area (Å²) >= 11 is 5.04. The van der Waals surface area contributed by atoms with E-state index in [9.17, 15) is 9.18 Å². The maximum Gasteiger partial charge on any atom is 0.268 e. The van der Waals surface area contributed by atoms with Gasteiger partial charge in [0, 0.05) is 6.54 Å². The number of benzene rings is 1. The molecule has 132 valence electrons. The van der Waals surface area contributed by atoms with Crippen LogP contribution >= 0.6 is 27.3 Å². The minimum Gasteiger partial charge on any atom is -0.467 e. The number of furan rings is 1. The van der Waals surface area contributed by atoms with Crippen molar-refractivity contribution in [3.63, 3.8) is 0 Å². The van der Waals surface area contributed by atoms with Gasteiger partial charge >= 0.3 is 0 Å². The molecule has 4 rings (SSSR count). The molecule has 0 saturated heterocycles. The molecule has 0 spiro atoms. The van der Waals surface area contributed by atoms with Gasteiger partial charge in [0.15, 0.2) is 0 Å². The fourth-order valence-electron chi connectivity index (χ4n) is 2.86. The van der Waals surface area contributed by atoms with Crippen molar-refractivity contribution in [3.8, 4) is 0 Å². The van der Waals surface area contributed by atoms with Gasteiger partial charge in [-0.2, -0.15) is 0 Å². The summed E-state index contributed by atoms with van der Waals surface area (Å²) in [6.45, 7) is 0.724. The number of nitrogens with zero attached hydrogens (tertiary/aromatic N) is 1. The number of fused-ring (bicyclic) bond motifs is 1. The molecule has 1 amide bonds. The largest absolute Gasteiger partial charge is 0.467 e. The Morgan fingerprint density at radius 3 is 2.88 bits per heavy atom. The SMILES string of the molecule is O=C(NCc1ccco1)c1cc2sc(Br)cc2n1Cc1cccc(F)c1. The predicted molar refractivity (Wildman–Crippen MR) is 103 cm³/mol. The van der Waals surface area contributed by atoms with Crippen LogP contribution < -0.4 is 5.32 Å². The van der Waals surface area contributed by atoms with E-state index in [0.29, 0.717) is 24.5 Å². The summed E-state index contributed by atoms with van der Waals surface area (Å²) in [5, 5.41) is 2.87. The van der Waals surface area contributed by atoms with Gasteiger partial charge in [0.05, 0.1) is 26.8 Å². The van der Waals surface area contributed by atoms with Crippen LogP contribution in [0, 0.1) is 5.82 Å². The summed E-state index contributed by atoms with van der Waals surface area (Å²) in [6, 6.07) is 13.8. The van der Waals surface area contributed by atoms with E-state index >= 15 is 0 Å². The molecule has 7 heteroatoms. The van der Waals surface area contributed by atoms with E-state index in [1.54, 1.807) is 29.7 Å². The van der Waals surface area contributed by atoms with E-state index in [1.165, 1.54) is 12.1 Å². The van der Waals surface area contributed by atoms with E-state index in [-0.39, 0.29) is 11.7 Å². The molecule has 0 aliphatic rings. The standard InChI is InChI=1S/C19H14BrFN2O2S/c20-18-9-15-17(26-18)8-16(19(24)22-10-14-5-2-6-25-14)23(15)11-12-3-1-4-13(21)7-12/h1-9H,10-11H2,(H,22,24). The number of thiophene rings is 1. The molecule has 0 radical (unpaired) electrons. The van der Waals surface area contributed by atoms with Gasteiger partial charge in [-0.15, -0.1) is 11.3 Å². The molecule has 3 aromatic heterocycles. The molecule has 1 aromatic carbocycles. The number of carbonyl (C=O) groups is 1. The van der Waals surface area contributed by atoms with Crippen LogP contribution in [0.1, 0.15) is 21.8 Å².